The number of hydrazone groups is 1. The molecule has 9 heteroatoms. The monoisotopic (exact) mass is 423 g/mol. The zero-order valence-corrected chi connectivity index (χ0v) is 17.5. The topological polar surface area (TPSA) is 115 Å². The molecular formula is C22H23F2N7. The highest BCUT2D eigenvalue weighted by molar-refractivity contribution is 6.37. The molecule has 0 aliphatic heterocycles. The summed E-state index contributed by atoms with van der Waals surface area (Å²) >= 11 is 0. The number of halogens is 2. The standard InChI is InChI=1S/C22H23F2N7/c1-22(2,3)19-9-4-6-13(28-19)11-27-12-18(31-26)17-10-16(29-21(25)30-17)14-7-5-8-15(23)20(14)24/h4-10,12H,11,26H2,1-3H3,(H2,25,29,30). The lowest BCUT2D eigenvalue weighted by Crippen LogP contribution is -2.14. The highest BCUT2D eigenvalue weighted by atomic mass is 19.2. The van der Waals surface area contributed by atoms with E-state index in [0.29, 0.717) is 6.54 Å². The summed E-state index contributed by atoms with van der Waals surface area (Å²) in [6, 6.07) is 11.0. The van der Waals surface area contributed by atoms with Crippen LogP contribution in [0.25, 0.3) is 11.3 Å². The smallest absolute Gasteiger partial charge is 0.221 e. The molecular weight excluding hydrogens is 400 g/mol. The van der Waals surface area contributed by atoms with Crippen LogP contribution in [0.1, 0.15) is 37.9 Å². The molecule has 0 saturated carbocycles. The van der Waals surface area contributed by atoms with E-state index < -0.39 is 11.6 Å². The molecule has 0 atom stereocenters. The summed E-state index contributed by atoms with van der Waals surface area (Å²) in [4.78, 5) is 17.0. The largest absolute Gasteiger partial charge is 0.368 e. The van der Waals surface area contributed by atoms with Gasteiger partial charge in [0, 0.05) is 16.7 Å². The van der Waals surface area contributed by atoms with E-state index in [1.54, 1.807) is 0 Å². The van der Waals surface area contributed by atoms with Crippen molar-refractivity contribution in [2.45, 2.75) is 32.7 Å². The van der Waals surface area contributed by atoms with Crippen LogP contribution in [0, 0.1) is 11.6 Å². The quantitative estimate of drug-likeness (QED) is 0.369. The molecule has 0 saturated heterocycles. The van der Waals surface area contributed by atoms with Gasteiger partial charge in [-0.1, -0.05) is 32.9 Å². The van der Waals surface area contributed by atoms with Crippen LogP contribution in [0.5, 0.6) is 0 Å². The fraction of sp³-hybridized carbons (Fsp3) is 0.227. The van der Waals surface area contributed by atoms with Crippen LogP contribution in [-0.4, -0.2) is 26.9 Å². The van der Waals surface area contributed by atoms with Gasteiger partial charge in [0.25, 0.3) is 0 Å². The molecule has 160 valence electrons. The Kier molecular flexibility index (Phi) is 6.33. The molecule has 1 aromatic carbocycles. The second kappa shape index (κ2) is 8.95. The van der Waals surface area contributed by atoms with Gasteiger partial charge in [0.1, 0.15) is 5.71 Å². The average Bonchev–Trinajstić information content (AvgIpc) is 2.72. The Balaban J connectivity index is 1.87. The first-order chi connectivity index (χ1) is 14.7. The lowest BCUT2D eigenvalue weighted by Gasteiger charge is -2.17. The summed E-state index contributed by atoms with van der Waals surface area (Å²) in [5, 5.41) is 3.70. The number of nitrogens with two attached hydrogens (primary N) is 2. The predicted octanol–water partition coefficient (Wildman–Crippen LogP) is 3.63. The summed E-state index contributed by atoms with van der Waals surface area (Å²) in [5.41, 5.74) is 7.92. The third-order valence-corrected chi connectivity index (χ3v) is 4.41. The number of nitrogen functional groups attached to an aromatic ring is 1. The van der Waals surface area contributed by atoms with Gasteiger partial charge in [-0.3, -0.25) is 9.98 Å². The number of rotatable bonds is 5. The third-order valence-electron chi connectivity index (χ3n) is 4.41. The molecule has 3 aromatic rings. The van der Waals surface area contributed by atoms with Crippen molar-refractivity contribution in [2.24, 2.45) is 15.9 Å². The van der Waals surface area contributed by atoms with Gasteiger partial charge in [0.2, 0.25) is 5.95 Å². The van der Waals surface area contributed by atoms with Gasteiger partial charge in [-0.05, 0) is 30.3 Å². The molecule has 3 rings (SSSR count). The van der Waals surface area contributed by atoms with Crippen molar-refractivity contribution >= 4 is 17.9 Å². The van der Waals surface area contributed by atoms with Crippen molar-refractivity contribution in [3.05, 3.63) is 71.2 Å². The van der Waals surface area contributed by atoms with Crippen LogP contribution < -0.4 is 11.6 Å². The van der Waals surface area contributed by atoms with Crippen LogP contribution in [0.4, 0.5) is 14.7 Å². The van der Waals surface area contributed by atoms with E-state index in [4.69, 9.17) is 11.6 Å². The first-order valence-electron chi connectivity index (χ1n) is 9.52. The third kappa shape index (κ3) is 5.25. The van der Waals surface area contributed by atoms with Gasteiger partial charge in [0.15, 0.2) is 11.6 Å². The minimum absolute atomic E-state index is 0.0492. The lowest BCUT2D eigenvalue weighted by atomic mass is 9.91. The molecule has 0 spiro atoms. The molecule has 7 nitrogen and oxygen atoms in total. The summed E-state index contributed by atoms with van der Waals surface area (Å²) in [7, 11) is 0. The number of benzene rings is 1. The van der Waals surface area contributed by atoms with E-state index in [0.717, 1.165) is 17.5 Å². The van der Waals surface area contributed by atoms with Crippen molar-refractivity contribution < 1.29 is 8.78 Å². The van der Waals surface area contributed by atoms with Gasteiger partial charge in [-0.2, -0.15) is 5.10 Å². The first-order valence-corrected chi connectivity index (χ1v) is 9.52. The van der Waals surface area contributed by atoms with E-state index in [1.807, 2.05) is 18.2 Å². The lowest BCUT2D eigenvalue weighted by molar-refractivity contribution is 0.511. The number of hydrogen-bond donors (Lipinski definition) is 2. The maximum atomic E-state index is 14.2. The molecule has 4 N–H and O–H groups in total. The summed E-state index contributed by atoms with van der Waals surface area (Å²) in [6.07, 6.45) is 1.43. The van der Waals surface area contributed by atoms with Crippen molar-refractivity contribution in [3.8, 4) is 11.3 Å². The molecule has 0 unspecified atom stereocenters. The number of aromatic nitrogens is 3. The Bertz CT molecular complexity index is 1150. The molecule has 0 aliphatic rings. The van der Waals surface area contributed by atoms with Gasteiger partial charge in [-0.25, -0.2) is 18.7 Å². The Morgan fingerprint density at radius 2 is 1.81 bits per heavy atom. The van der Waals surface area contributed by atoms with Crippen molar-refractivity contribution in [3.63, 3.8) is 0 Å². The number of aliphatic imine (C=N–C) groups is 1. The molecule has 0 aliphatic carbocycles. The minimum atomic E-state index is -1.03. The second-order valence-electron chi connectivity index (χ2n) is 7.85. The summed E-state index contributed by atoms with van der Waals surface area (Å²) in [5.74, 6) is 3.35. The van der Waals surface area contributed by atoms with Crippen molar-refractivity contribution in [1.82, 2.24) is 15.0 Å². The van der Waals surface area contributed by atoms with Crippen LogP contribution in [-0.2, 0) is 12.0 Å². The van der Waals surface area contributed by atoms with E-state index in [9.17, 15) is 8.78 Å². The number of pyridine rings is 1. The minimum Gasteiger partial charge on any atom is -0.368 e. The Hall–Kier alpha value is -3.75. The van der Waals surface area contributed by atoms with Crippen LogP contribution >= 0.6 is 0 Å². The molecule has 0 radical (unpaired) electrons. The van der Waals surface area contributed by atoms with Crippen molar-refractivity contribution in [1.29, 1.82) is 0 Å². The fourth-order valence-electron chi connectivity index (χ4n) is 2.81. The van der Waals surface area contributed by atoms with E-state index in [2.05, 4.69) is 45.8 Å². The Labute approximate surface area is 179 Å². The highest BCUT2D eigenvalue weighted by Crippen LogP contribution is 2.24. The SMILES string of the molecule is CC(C)(C)c1cccc(CN=CC(=NN)c2cc(-c3cccc(F)c3F)nc(N)n2)n1. The second-order valence-corrected chi connectivity index (χ2v) is 7.85. The molecule has 0 fully saturated rings. The predicted molar refractivity (Wildman–Crippen MR) is 118 cm³/mol. The Morgan fingerprint density at radius 3 is 2.52 bits per heavy atom. The molecule has 2 aromatic heterocycles. The van der Waals surface area contributed by atoms with Gasteiger partial charge >= 0.3 is 0 Å². The zero-order valence-electron chi connectivity index (χ0n) is 17.5. The fourth-order valence-corrected chi connectivity index (χ4v) is 2.81. The van der Waals surface area contributed by atoms with E-state index >= 15 is 0 Å². The van der Waals surface area contributed by atoms with Crippen LogP contribution in [0.15, 0.2) is 52.6 Å². The molecule has 0 bridgehead atoms. The van der Waals surface area contributed by atoms with Gasteiger partial charge < -0.3 is 11.6 Å². The zero-order chi connectivity index (χ0) is 22.6. The summed E-state index contributed by atoms with van der Waals surface area (Å²) < 4.78 is 27.8. The van der Waals surface area contributed by atoms with Crippen LogP contribution in [0.2, 0.25) is 0 Å². The highest BCUT2D eigenvalue weighted by Gasteiger charge is 2.16. The number of anilines is 1. The van der Waals surface area contributed by atoms with Crippen molar-refractivity contribution in [2.75, 3.05) is 5.73 Å². The normalized spacial score (nSPS) is 12.5. The average molecular weight is 423 g/mol. The molecule has 2 heterocycles. The Morgan fingerprint density at radius 1 is 1.06 bits per heavy atom. The maximum absolute atomic E-state index is 14.2. The van der Waals surface area contributed by atoms with Gasteiger partial charge in [0.05, 0.1) is 29.8 Å². The molecule has 31 heavy (non-hydrogen) atoms. The number of nitrogens with zero attached hydrogens (tertiary/aromatic N) is 5. The number of hydrogen-bond acceptors (Lipinski definition) is 7. The maximum Gasteiger partial charge on any atom is 0.221 e. The first kappa shape index (κ1) is 21.9. The van der Waals surface area contributed by atoms with E-state index in [-0.39, 0.29) is 34.0 Å². The molecule has 0 amide bonds. The van der Waals surface area contributed by atoms with Gasteiger partial charge in [-0.15, -0.1) is 0 Å². The van der Waals surface area contributed by atoms with Crippen LogP contribution in [0.3, 0.4) is 0 Å². The summed E-state index contributed by atoms with van der Waals surface area (Å²) in [6.45, 7) is 6.55. The van der Waals surface area contributed by atoms with E-state index in [1.165, 1.54) is 24.4 Å².